The number of aliphatic hydroxyl groups excluding tert-OH is 1. The lowest BCUT2D eigenvalue weighted by Crippen LogP contribution is -2.46. The minimum absolute atomic E-state index is 0.151. The molecule has 1 aliphatic rings. The van der Waals surface area contributed by atoms with E-state index in [2.05, 4.69) is 4.72 Å². The SMILES string of the molecule is O=S(=O)(NC1CC(O)C1)c1ccc(F)cc1Cl. The highest BCUT2D eigenvalue weighted by Gasteiger charge is 2.32. The highest BCUT2D eigenvalue weighted by molar-refractivity contribution is 7.89. The summed E-state index contributed by atoms with van der Waals surface area (Å²) in [5.41, 5.74) is 0. The number of aliphatic hydroxyl groups is 1. The van der Waals surface area contributed by atoms with Crippen molar-refractivity contribution in [2.75, 3.05) is 0 Å². The second-order valence-electron chi connectivity index (χ2n) is 4.02. The van der Waals surface area contributed by atoms with Crippen LogP contribution in [0.4, 0.5) is 4.39 Å². The number of benzene rings is 1. The number of nitrogens with one attached hydrogen (secondary N) is 1. The predicted octanol–water partition coefficient (Wildman–Crippen LogP) is 1.28. The van der Waals surface area contributed by atoms with Crippen molar-refractivity contribution >= 4 is 21.6 Å². The van der Waals surface area contributed by atoms with Crippen molar-refractivity contribution in [3.63, 3.8) is 0 Å². The van der Waals surface area contributed by atoms with Crippen molar-refractivity contribution in [1.82, 2.24) is 4.72 Å². The Labute approximate surface area is 103 Å². The summed E-state index contributed by atoms with van der Waals surface area (Å²) in [6.07, 6.45) is 0.321. The summed E-state index contributed by atoms with van der Waals surface area (Å²) in [6.45, 7) is 0. The normalized spacial score (nSPS) is 24.4. The maximum absolute atomic E-state index is 12.8. The van der Waals surface area contributed by atoms with E-state index in [0.29, 0.717) is 12.8 Å². The quantitative estimate of drug-likeness (QED) is 0.876. The lowest BCUT2D eigenvalue weighted by atomic mass is 9.91. The maximum Gasteiger partial charge on any atom is 0.242 e. The zero-order chi connectivity index (χ0) is 12.6. The third kappa shape index (κ3) is 2.77. The first-order valence-corrected chi connectivity index (χ1v) is 6.90. The predicted molar refractivity (Wildman–Crippen MR) is 60.8 cm³/mol. The minimum atomic E-state index is -3.75. The van der Waals surface area contributed by atoms with Gasteiger partial charge in [-0.05, 0) is 31.0 Å². The summed E-state index contributed by atoms with van der Waals surface area (Å²) in [6, 6.07) is 2.83. The highest BCUT2D eigenvalue weighted by atomic mass is 35.5. The molecule has 17 heavy (non-hydrogen) atoms. The van der Waals surface area contributed by atoms with Gasteiger partial charge in [-0.3, -0.25) is 0 Å². The molecule has 0 saturated heterocycles. The molecule has 1 saturated carbocycles. The van der Waals surface area contributed by atoms with E-state index in [4.69, 9.17) is 16.7 Å². The van der Waals surface area contributed by atoms with Gasteiger partial charge in [0.1, 0.15) is 10.7 Å². The summed E-state index contributed by atoms with van der Waals surface area (Å²) < 4.78 is 38.9. The largest absolute Gasteiger partial charge is 0.393 e. The Morgan fingerprint density at radius 3 is 2.59 bits per heavy atom. The monoisotopic (exact) mass is 279 g/mol. The molecule has 1 aromatic carbocycles. The van der Waals surface area contributed by atoms with Gasteiger partial charge >= 0.3 is 0 Å². The fourth-order valence-electron chi connectivity index (χ4n) is 1.66. The molecule has 1 fully saturated rings. The van der Waals surface area contributed by atoms with Crippen molar-refractivity contribution < 1.29 is 17.9 Å². The van der Waals surface area contributed by atoms with Crippen LogP contribution < -0.4 is 4.72 Å². The summed E-state index contributed by atoms with van der Waals surface area (Å²) >= 11 is 5.68. The van der Waals surface area contributed by atoms with Gasteiger partial charge in [0.25, 0.3) is 0 Å². The van der Waals surface area contributed by atoms with Gasteiger partial charge in [0.2, 0.25) is 10.0 Å². The number of halogens is 2. The first-order chi connectivity index (χ1) is 7.88. The van der Waals surface area contributed by atoms with Crippen LogP contribution in [0.15, 0.2) is 23.1 Å². The van der Waals surface area contributed by atoms with Crippen LogP contribution in [-0.4, -0.2) is 25.7 Å². The van der Waals surface area contributed by atoms with E-state index in [-0.39, 0.29) is 16.0 Å². The Morgan fingerprint density at radius 2 is 2.06 bits per heavy atom. The molecular weight excluding hydrogens is 269 g/mol. The molecule has 4 nitrogen and oxygen atoms in total. The Balaban J connectivity index is 2.20. The first-order valence-electron chi connectivity index (χ1n) is 5.04. The standard InChI is InChI=1S/C10H11ClFNO3S/c11-9-3-6(12)1-2-10(9)17(15,16)13-7-4-8(14)5-7/h1-3,7-8,13-14H,4-5H2. The number of sulfonamides is 1. The zero-order valence-electron chi connectivity index (χ0n) is 8.73. The van der Waals surface area contributed by atoms with E-state index in [0.717, 1.165) is 18.2 Å². The second kappa shape index (κ2) is 4.53. The van der Waals surface area contributed by atoms with Crippen molar-refractivity contribution in [2.45, 2.75) is 29.9 Å². The summed E-state index contributed by atoms with van der Waals surface area (Å²) in [4.78, 5) is -0.151. The van der Waals surface area contributed by atoms with Gasteiger partial charge in [-0.2, -0.15) is 0 Å². The Bertz CT molecular complexity index is 528. The summed E-state index contributed by atoms with van der Waals surface area (Å²) in [5, 5.41) is 8.91. The molecule has 2 N–H and O–H groups in total. The van der Waals surface area contributed by atoms with Crippen LogP contribution in [-0.2, 0) is 10.0 Å². The van der Waals surface area contributed by atoms with Crippen molar-refractivity contribution in [3.8, 4) is 0 Å². The molecule has 2 rings (SSSR count). The molecule has 0 amide bonds. The van der Waals surface area contributed by atoms with Crippen LogP contribution in [0.5, 0.6) is 0 Å². The number of hydrogen-bond acceptors (Lipinski definition) is 3. The Kier molecular flexibility index (Phi) is 3.40. The summed E-state index contributed by atoms with van der Waals surface area (Å²) in [7, 11) is -3.75. The van der Waals surface area contributed by atoms with Gasteiger partial charge in [0.05, 0.1) is 11.1 Å². The molecule has 0 bridgehead atoms. The van der Waals surface area contributed by atoms with E-state index < -0.39 is 21.9 Å². The van der Waals surface area contributed by atoms with E-state index >= 15 is 0 Å². The van der Waals surface area contributed by atoms with Crippen molar-refractivity contribution in [3.05, 3.63) is 29.0 Å². The van der Waals surface area contributed by atoms with E-state index in [9.17, 15) is 12.8 Å². The van der Waals surface area contributed by atoms with Gasteiger partial charge in [-0.1, -0.05) is 11.6 Å². The topological polar surface area (TPSA) is 66.4 Å². The molecule has 0 aromatic heterocycles. The van der Waals surface area contributed by atoms with Gasteiger partial charge in [-0.15, -0.1) is 0 Å². The average molecular weight is 280 g/mol. The van der Waals surface area contributed by atoms with Crippen LogP contribution in [0, 0.1) is 5.82 Å². The van der Waals surface area contributed by atoms with Gasteiger partial charge in [0.15, 0.2) is 0 Å². The molecule has 0 unspecified atom stereocenters. The zero-order valence-corrected chi connectivity index (χ0v) is 10.3. The van der Waals surface area contributed by atoms with E-state index in [1.54, 1.807) is 0 Å². The molecule has 7 heteroatoms. The van der Waals surface area contributed by atoms with Gasteiger partial charge < -0.3 is 5.11 Å². The molecule has 94 valence electrons. The fraction of sp³-hybridized carbons (Fsp3) is 0.400. The number of hydrogen-bond donors (Lipinski definition) is 2. The summed E-state index contributed by atoms with van der Waals surface area (Å²) in [5.74, 6) is -0.590. The van der Waals surface area contributed by atoms with E-state index in [1.807, 2.05) is 0 Å². The molecule has 1 aliphatic carbocycles. The molecule has 0 radical (unpaired) electrons. The molecule has 0 spiro atoms. The van der Waals surface area contributed by atoms with Gasteiger partial charge in [-0.25, -0.2) is 17.5 Å². The third-order valence-corrected chi connectivity index (χ3v) is 4.62. The molecule has 0 heterocycles. The smallest absolute Gasteiger partial charge is 0.242 e. The first kappa shape index (κ1) is 12.8. The molecule has 1 aromatic rings. The van der Waals surface area contributed by atoms with Gasteiger partial charge in [0, 0.05) is 6.04 Å². The highest BCUT2D eigenvalue weighted by Crippen LogP contribution is 2.25. The van der Waals surface area contributed by atoms with E-state index in [1.165, 1.54) is 0 Å². The van der Waals surface area contributed by atoms with Crippen LogP contribution >= 0.6 is 11.6 Å². The fourth-order valence-corrected chi connectivity index (χ4v) is 3.45. The molecular formula is C10H11ClFNO3S. The van der Waals surface area contributed by atoms with Crippen LogP contribution in [0.3, 0.4) is 0 Å². The Hall–Kier alpha value is -0.690. The van der Waals surface area contributed by atoms with Crippen LogP contribution in [0.2, 0.25) is 5.02 Å². The third-order valence-electron chi connectivity index (χ3n) is 2.62. The number of rotatable bonds is 3. The molecule has 0 aliphatic heterocycles. The second-order valence-corrected chi connectivity index (χ2v) is 6.11. The molecule has 0 atom stereocenters. The van der Waals surface area contributed by atoms with Crippen molar-refractivity contribution in [1.29, 1.82) is 0 Å². The van der Waals surface area contributed by atoms with Crippen molar-refractivity contribution in [2.24, 2.45) is 0 Å². The maximum atomic E-state index is 12.8. The van der Waals surface area contributed by atoms with Crippen LogP contribution in [0.1, 0.15) is 12.8 Å². The lowest BCUT2D eigenvalue weighted by molar-refractivity contribution is 0.0712. The Morgan fingerprint density at radius 1 is 1.41 bits per heavy atom. The van der Waals surface area contributed by atoms with Crippen LogP contribution in [0.25, 0.3) is 0 Å². The average Bonchev–Trinajstić information content (AvgIpc) is 2.14. The lowest BCUT2D eigenvalue weighted by Gasteiger charge is -2.31. The minimum Gasteiger partial charge on any atom is -0.393 e.